The Labute approximate surface area is 161 Å². The molecule has 1 aliphatic heterocycles. The van der Waals surface area contributed by atoms with E-state index in [0.717, 1.165) is 12.2 Å². The van der Waals surface area contributed by atoms with Gasteiger partial charge in [-0.1, -0.05) is 12.1 Å². The molecule has 1 atom stereocenters. The van der Waals surface area contributed by atoms with Crippen LogP contribution in [-0.2, 0) is 11.2 Å². The maximum atomic E-state index is 12.0. The molecule has 1 aromatic carbocycles. The number of thiophene rings is 1. The topological polar surface area (TPSA) is 38.3 Å². The van der Waals surface area contributed by atoms with Crippen LogP contribution in [0.25, 0.3) is 0 Å². The summed E-state index contributed by atoms with van der Waals surface area (Å²) in [6, 6.07) is 10.4. The van der Waals surface area contributed by atoms with Gasteiger partial charge in [0.1, 0.15) is 5.75 Å². The maximum Gasteiger partial charge on any atom is 0.258 e. The van der Waals surface area contributed by atoms with Crippen LogP contribution in [0.4, 0.5) is 0 Å². The Morgan fingerprint density at radius 2 is 2.00 bits per heavy atom. The standard InChI is InChI=1S/C19H23NO2S3/c1-14(11-15-7-10-23-13-15)20-18(21)12-22-17-5-3-16(4-6-17)19-24-8-2-9-25-19/h3-7,10,13-14,19H,2,8-9,11-12H2,1H3,(H,20,21). The quantitative estimate of drug-likeness (QED) is 0.737. The van der Waals surface area contributed by atoms with Crippen LogP contribution < -0.4 is 10.1 Å². The number of rotatable bonds is 7. The maximum absolute atomic E-state index is 12.0. The molecule has 6 heteroatoms. The van der Waals surface area contributed by atoms with Gasteiger partial charge in [-0.3, -0.25) is 4.79 Å². The molecule has 0 aliphatic carbocycles. The van der Waals surface area contributed by atoms with E-state index in [1.165, 1.54) is 29.1 Å². The molecule has 0 spiro atoms. The molecule has 1 unspecified atom stereocenters. The zero-order valence-electron chi connectivity index (χ0n) is 14.3. The zero-order valence-corrected chi connectivity index (χ0v) is 16.7. The van der Waals surface area contributed by atoms with E-state index in [2.05, 4.69) is 34.3 Å². The molecule has 1 saturated heterocycles. The van der Waals surface area contributed by atoms with E-state index in [4.69, 9.17) is 4.74 Å². The van der Waals surface area contributed by atoms with E-state index in [1.54, 1.807) is 11.3 Å². The van der Waals surface area contributed by atoms with Crippen LogP contribution in [0, 0.1) is 0 Å². The van der Waals surface area contributed by atoms with Gasteiger partial charge in [-0.05, 0) is 71.4 Å². The van der Waals surface area contributed by atoms with Crippen molar-refractivity contribution in [2.24, 2.45) is 0 Å². The fourth-order valence-electron chi connectivity index (χ4n) is 2.68. The van der Waals surface area contributed by atoms with Crippen LogP contribution in [0.3, 0.4) is 0 Å². The number of thioether (sulfide) groups is 2. The normalized spacial score (nSPS) is 16.4. The van der Waals surface area contributed by atoms with Gasteiger partial charge in [0.2, 0.25) is 0 Å². The second kappa shape index (κ2) is 9.55. The molecule has 3 rings (SSSR count). The van der Waals surface area contributed by atoms with E-state index < -0.39 is 0 Å². The Morgan fingerprint density at radius 3 is 2.68 bits per heavy atom. The SMILES string of the molecule is CC(Cc1ccsc1)NC(=O)COc1ccc(C2SCCCS2)cc1. The minimum absolute atomic E-state index is 0.0558. The van der Waals surface area contributed by atoms with Gasteiger partial charge in [-0.2, -0.15) is 11.3 Å². The first-order valence-corrected chi connectivity index (χ1v) is 11.5. The van der Waals surface area contributed by atoms with Gasteiger partial charge in [-0.25, -0.2) is 0 Å². The first kappa shape index (κ1) is 18.7. The Bertz CT molecular complexity index is 652. The Morgan fingerprint density at radius 1 is 1.24 bits per heavy atom. The van der Waals surface area contributed by atoms with E-state index in [9.17, 15) is 4.79 Å². The van der Waals surface area contributed by atoms with Crippen molar-refractivity contribution in [3.63, 3.8) is 0 Å². The smallest absolute Gasteiger partial charge is 0.258 e. The van der Waals surface area contributed by atoms with Crippen molar-refractivity contribution in [2.75, 3.05) is 18.1 Å². The van der Waals surface area contributed by atoms with Crippen molar-refractivity contribution in [3.8, 4) is 5.75 Å². The number of ether oxygens (including phenoxy) is 1. The largest absolute Gasteiger partial charge is 0.484 e. The highest BCUT2D eigenvalue weighted by molar-refractivity contribution is 8.16. The van der Waals surface area contributed by atoms with Crippen LogP contribution in [0.2, 0.25) is 0 Å². The molecule has 1 aliphatic rings. The van der Waals surface area contributed by atoms with E-state index in [1.807, 2.05) is 42.6 Å². The summed E-state index contributed by atoms with van der Waals surface area (Å²) in [6.07, 6.45) is 2.15. The molecule has 25 heavy (non-hydrogen) atoms. The third-order valence-corrected chi connectivity index (χ3v) is 7.63. The number of amides is 1. The van der Waals surface area contributed by atoms with Crippen LogP contribution in [0.5, 0.6) is 5.75 Å². The summed E-state index contributed by atoms with van der Waals surface area (Å²) in [7, 11) is 0. The minimum atomic E-state index is -0.0785. The van der Waals surface area contributed by atoms with E-state index in [0.29, 0.717) is 4.58 Å². The van der Waals surface area contributed by atoms with Gasteiger partial charge in [0.25, 0.3) is 5.91 Å². The van der Waals surface area contributed by atoms with Crippen LogP contribution >= 0.6 is 34.9 Å². The van der Waals surface area contributed by atoms with Crippen LogP contribution in [-0.4, -0.2) is 30.1 Å². The van der Waals surface area contributed by atoms with Crippen LogP contribution in [0.1, 0.15) is 29.1 Å². The second-order valence-electron chi connectivity index (χ2n) is 6.09. The predicted octanol–water partition coefficient (Wildman–Crippen LogP) is 4.74. The van der Waals surface area contributed by atoms with Gasteiger partial charge in [0.15, 0.2) is 6.61 Å². The molecular weight excluding hydrogens is 370 g/mol. The fourth-order valence-corrected chi connectivity index (χ4v) is 6.26. The van der Waals surface area contributed by atoms with Gasteiger partial charge >= 0.3 is 0 Å². The molecule has 0 saturated carbocycles. The van der Waals surface area contributed by atoms with Crippen molar-refractivity contribution in [2.45, 2.75) is 30.4 Å². The lowest BCUT2D eigenvalue weighted by Gasteiger charge is -2.21. The first-order chi connectivity index (χ1) is 12.2. The summed E-state index contributed by atoms with van der Waals surface area (Å²) < 4.78 is 6.15. The van der Waals surface area contributed by atoms with Gasteiger partial charge in [0, 0.05) is 6.04 Å². The number of carbonyl (C=O) groups excluding carboxylic acids is 1. The molecule has 1 fully saturated rings. The van der Waals surface area contributed by atoms with Crippen molar-refractivity contribution in [1.82, 2.24) is 5.32 Å². The second-order valence-corrected chi connectivity index (χ2v) is 9.59. The summed E-state index contributed by atoms with van der Waals surface area (Å²) in [5, 5.41) is 7.16. The molecule has 1 amide bonds. The number of hydrogen-bond acceptors (Lipinski definition) is 5. The molecule has 2 heterocycles. The highest BCUT2D eigenvalue weighted by Gasteiger charge is 2.16. The summed E-state index contributed by atoms with van der Waals surface area (Å²) >= 11 is 5.69. The average Bonchev–Trinajstić information content (AvgIpc) is 3.14. The summed E-state index contributed by atoms with van der Waals surface area (Å²) in [4.78, 5) is 12.0. The molecule has 1 N–H and O–H groups in total. The third-order valence-electron chi connectivity index (χ3n) is 3.88. The number of hydrogen-bond donors (Lipinski definition) is 1. The highest BCUT2D eigenvalue weighted by atomic mass is 32.2. The van der Waals surface area contributed by atoms with Crippen molar-refractivity contribution >= 4 is 40.8 Å². The number of benzene rings is 1. The molecule has 134 valence electrons. The lowest BCUT2D eigenvalue weighted by molar-refractivity contribution is -0.123. The molecule has 1 aromatic heterocycles. The molecule has 0 radical (unpaired) electrons. The Balaban J connectivity index is 1.42. The van der Waals surface area contributed by atoms with Crippen molar-refractivity contribution < 1.29 is 9.53 Å². The lowest BCUT2D eigenvalue weighted by Crippen LogP contribution is -2.37. The highest BCUT2D eigenvalue weighted by Crippen LogP contribution is 2.43. The van der Waals surface area contributed by atoms with Crippen LogP contribution in [0.15, 0.2) is 41.1 Å². The average molecular weight is 394 g/mol. The van der Waals surface area contributed by atoms with Gasteiger partial charge in [-0.15, -0.1) is 23.5 Å². The first-order valence-electron chi connectivity index (χ1n) is 8.47. The summed E-state index contributed by atoms with van der Waals surface area (Å²) in [5.41, 5.74) is 2.59. The molecule has 0 bridgehead atoms. The summed E-state index contributed by atoms with van der Waals surface area (Å²) in [5.74, 6) is 3.14. The van der Waals surface area contributed by atoms with Gasteiger partial charge in [0.05, 0.1) is 4.58 Å². The van der Waals surface area contributed by atoms with E-state index >= 15 is 0 Å². The lowest BCUT2D eigenvalue weighted by atomic mass is 10.1. The third kappa shape index (κ3) is 5.97. The van der Waals surface area contributed by atoms with E-state index in [-0.39, 0.29) is 18.6 Å². The van der Waals surface area contributed by atoms with Crippen molar-refractivity contribution in [1.29, 1.82) is 0 Å². The minimum Gasteiger partial charge on any atom is -0.484 e. The molecule has 3 nitrogen and oxygen atoms in total. The number of carbonyl (C=O) groups is 1. The zero-order chi connectivity index (χ0) is 17.5. The summed E-state index contributed by atoms with van der Waals surface area (Å²) in [6.45, 7) is 2.07. The van der Waals surface area contributed by atoms with Gasteiger partial charge < -0.3 is 10.1 Å². The molecule has 2 aromatic rings. The Kier molecular flexibility index (Phi) is 7.13. The predicted molar refractivity (Wildman–Crippen MR) is 110 cm³/mol. The monoisotopic (exact) mass is 393 g/mol. The fraction of sp³-hybridized carbons (Fsp3) is 0.421. The Hall–Kier alpha value is -1.11. The molecular formula is C19H23NO2S3. The van der Waals surface area contributed by atoms with Crippen molar-refractivity contribution in [3.05, 3.63) is 52.2 Å². The number of nitrogens with one attached hydrogen (secondary N) is 1.